The first-order valence-corrected chi connectivity index (χ1v) is 6.84. The van der Waals surface area contributed by atoms with Gasteiger partial charge in [-0.1, -0.05) is 13.8 Å². The molecule has 20 heavy (non-hydrogen) atoms. The number of carbonyl (C=O) groups excluding carboxylic acids is 1. The van der Waals surface area contributed by atoms with Crippen molar-refractivity contribution in [2.75, 3.05) is 31.4 Å². The van der Waals surface area contributed by atoms with Crippen molar-refractivity contribution >= 4 is 17.3 Å². The predicted molar refractivity (Wildman–Crippen MR) is 80.9 cm³/mol. The first-order valence-electron chi connectivity index (χ1n) is 6.84. The topological polar surface area (TPSA) is 73.6 Å². The maximum absolute atomic E-state index is 11.8. The van der Waals surface area contributed by atoms with Crippen molar-refractivity contribution in [3.8, 4) is 5.75 Å². The number of nitrogen functional groups attached to an aromatic ring is 1. The minimum atomic E-state index is -0.210. The molecule has 0 radical (unpaired) electrons. The number of hydrogen-bond donors (Lipinski definition) is 2. The Morgan fingerprint density at radius 1 is 1.40 bits per heavy atom. The third-order valence-electron chi connectivity index (χ3n) is 2.80. The molecule has 0 aliphatic rings. The van der Waals surface area contributed by atoms with Crippen molar-refractivity contribution in [1.82, 2.24) is 0 Å². The number of benzene rings is 1. The standard InChI is InChI=1S/C15H24N2O3/c1-11(2)5-4-8-20-10-15(18)17-13-9-12(16)6-7-14(13)19-3/h6-7,9,11H,4-5,8,10,16H2,1-3H3,(H,17,18). The first kappa shape index (κ1) is 16.3. The van der Waals surface area contributed by atoms with Crippen LogP contribution in [0, 0.1) is 5.92 Å². The van der Waals surface area contributed by atoms with E-state index in [0.717, 1.165) is 12.8 Å². The van der Waals surface area contributed by atoms with Gasteiger partial charge in [-0.05, 0) is 37.0 Å². The average Bonchev–Trinajstić information content (AvgIpc) is 2.38. The van der Waals surface area contributed by atoms with E-state index in [-0.39, 0.29) is 12.5 Å². The van der Waals surface area contributed by atoms with E-state index in [1.807, 2.05) is 0 Å². The number of anilines is 2. The molecule has 0 aliphatic carbocycles. The molecule has 0 saturated heterocycles. The Labute approximate surface area is 120 Å². The average molecular weight is 280 g/mol. The lowest BCUT2D eigenvalue weighted by Gasteiger charge is -2.11. The Morgan fingerprint density at radius 2 is 2.15 bits per heavy atom. The minimum Gasteiger partial charge on any atom is -0.495 e. The molecule has 0 spiro atoms. The summed E-state index contributed by atoms with van der Waals surface area (Å²) in [7, 11) is 1.55. The number of nitrogens with two attached hydrogens (primary N) is 1. The smallest absolute Gasteiger partial charge is 0.250 e. The van der Waals surface area contributed by atoms with Crippen LogP contribution in [0.15, 0.2) is 18.2 Å². The highest BCUT2D eigenvalue weighted by Crippen LogP contribution is 2.26. The van der Waals surface area contributed by atoms with Crippen LogP contribution in [0.1, 0.15) is 26.7 Å². The highest BCUT2D eigenvalue weighted by molar-refractivity contribution is 5.93. The van der Waals surface area contributed by atoms with Crippen molar-refractivity contribution in [2.45, 2.75) is 26.7 Å². The summed E-state index contributed by atoms with van der Waals surface area (Å²) in [5, 5.41) is 2.73. The molecule has 0 aromatic heterocycles. The second-order valence-corrected chi connectivity index (χ2v) is 5.10. The highest BCUT2D eigenvalue weighted by atomic mass is 16.5. The van der Waals surface area contributed by atoms with Gasteiger partial charge < -0.3 is 20.5 Å². The number of ether oxygens (including phenoxy) is 2. The number of amides is 1. The lowest BCUT2D eigenvalue weighted by molar-refractivity contribution is -0.120. The van der Waals surface area contributed by atoms with Crippen LogP contribution in [0.3, 0.4) is 0 Å². The third kappa shape index (κ3) is 5.93. The van der Waals surface area contributed by atoms with Crippen molar-refractivity contribution in [1.29, 1.82) is 0 Å². The fraction of sp³-hybridized carbons (Fsp3) is 0.533. The van der Waals surface area contributed by atoms with Gasteiger partial charge in [-0.15, -0.1) is 0 Å². The highest BCUT2D eigenvalue weighted by Gasteiger charge is 2.08. The van der Waals surface area contributed by atoms with Gasteiger partial charge in [-0.3, -0.25) is 4.79 Å². The zero-order valence-electron chi connectivity index (χ0n) is 12.4. The molecule has 1 rings (SSSR count). The van der Waals surface area contributed by atoms with Crippen LogP contribution in [0.2, 0.25) is 0 Å². The molecule has 1 amide bonds. The molecule has 1 aromatic rings. The number of methoxy groups -OCH3 is 1. The van der Waals surface area contributed by atoms with Gasteiger partial charge in [0.15, 0.2) is 0 Å². The van der Waals surface area contributed by atoms with Gasteiger partial charge in [0, 0.05) is 12.3 Å². The molecular weight excluding hydrogens is 256 g/mol. The number of hydrogen-bond acceptors (Lipinski definition) is 4. The molecule has 0 heterocycles. The molecule has 5 nitrogen and oxygen atoms in total. The first-order chi connectivity index (χ1) is 9.52. The fourth-order valence-corrected chi connectivity index (χ4v) is 1.77. The van der Waals surface area contributed by atoms with Crippen LogP contribution in [0.4, 0.5) is 11.4 Å². The van der Waals surface area contributed by atoms with Crippen LogP contribution in [-0.2, 0) is 9.53 Å². The fourth-order valence-electron chi connectivity index (χ4n) is 1.77. The number of rotatable bonds is 8. The second-order valence-electron chi connectivity index (χ2n) is 5.10. The summed E-state index contributed by atoms with van der Waals surface area (Å²) in [6.07, 6.45) is 2.07. The Kier molecular flexibility index (Phi) is 6.87. The van der Waals surface area contributed by atoms with Crippen LogP contribution in [0.25, 0.3) is 0 Å². The van der Waals surface area contributed by atoms with Crippen molar-refractivity contribution in [3.63, 3.8) is 0 Å². The van der Waals surface area contributed by atoms with Crippen molar-refractivity contribution in [2.24, 2.45) is 5.92 Å². The van der Waals surface area contributed by atoms with E-state index < -0.39 is 0 Å². The molecule has 0 saturated carbocycles. The summed E-state index contributed by atoms with van der Waals surface area (Å²) in [5.74, 6) is 1.02. The molecular formula is C15H24N2O3. The van der Waals surface area contributed by atoms with Gasteiger partial charge in [0.25, 0.3) is 0 Å². The predicted octanol–water partition coefficient (Wildman–Crippen LogP) is 2.67. The van der Waals surface area contributed by atoms with Crippen LogP contribution in [0.5, 0.6) is 5.75 Å². The lowest BCUT2D eigenvalue weighted by atomic mass is 10.1. The Balaban J connectivity index is 2.37. The normalized spacial score (nSPS) is 10.6. The number of carbonyl (C=O) groups is 1. The van der Waals surface area contributed by atoms with Gasteiger partial charge >= 0.3 is 0 Å². The molecule has 3 N–H and O–H groups in total. The summed E-state index contributed by atoms with van der Waals surface area (Å²) in [6.45, 7) is 4.97. The van der Waals surface area contributed by atoms with Gasteiger partial charge in [-0.25, -0.2) is 0 Å². The van der Waals surface area contributed by atoms with Crippen LogP contribution in [-0.4, -0.2) is 26.2 Å². The molecule has 0 atom stereocenters. The van der Waals surface area contributed by atoms with Gasteiger partial charge in [0.2, 0.25) is 5.91 Å². The Hall–Kier alpha value is -1.75. The van der Waals surface area contributed by atoms with Crippen molar-refractivity contribution in [3.05, 3.63) is 18.2 Å². The van der Waals surface area contributed by atoms with E-state index in [1.165, 1.54) is 0 Å². The summed E-state index contributed by atoms with van der Waals surface area (Å²) >= 11 is 0. The molecule has 0 fully saturated rings. The second kappa shape index (κ2) is 8.43. The van der Waals surface area contributed by atoms with E-state index in [9.17, 15) is 4.79 Å². The van der Waals surface area contributed by atoms with E-state index >= 15 is 0 Å². The monoisotopic (exact) mass is 280 g/mol. The zero-order valence-corrected chi connectivity index (χ0v) is 12.4. The maximum Gasteiger partial charge on any atom is 0.250 e. The summed E-state index contributed by atoms with van der Waals surface area (Å²) in [4.78, 5) is 11.8. The minimum absolute atomic E-state index is 0.0377. The summed E-state index contributed by atoms with van der Waals surface area (Å²) in [5.41, 5.74) is 6.81. The van der Waals surface area contributed by atoms with Crippen LogP contribution < -0.4 is 15.8 Å². The van der Waals surface area contributed by atoms with Crippen molar-refractivity contribution < 1.29 is 14.3 Å². The largest absolute Gasteiger partial charge is 0.495 e. The van der Waals surface area contributed by atoms with E-state index in [2.05, 4.69) is 19.2 Å². The Bertz CT molecular complexity index is 433. The summed E-state index contributed by atoms with van der Waals surface area (Å²) in [6, 6.07) is 5.10. The molecule has 0 unspecified atom stereocenters. The number of nitrogens with one attached hydrogen (secondary N) is 1. The van der Waals surface area contributed by atoms with Crippen LogP contribution >= 0.6 is 0 Å². The maximum atomic E-state index is 11.8. The quantitative estimate of drug-likeness (QED) is 0.567. The molecule has 0 bridgehead atoms. The van der Waals surface area contributed by atoms with E-state index in [4.69, 9.17) is 15.2 Å². The lowest BCUT2D eigenvalue weighted by Crippen LogP contribution is -2.19. The van der Waals surface area contributed by atoms with E-state index in [1.54, 1.807) is 25.3 Å². The van der Waals surface area contributed by atoms with Gasteiger partial charge in [0.1, 0.15) is 12.4 Å². The Morgan fingerprint density at radius 3 is 2.80 bits per heavy atom. The van der Waals surface area contributed by atoms with E-state index in [0.29, 0.717) is 29.6 Å². The molecule has 112 valence electrons. The van der Waals surface area contributed by atoms with Gasteiger partial charge in [0.05, 0.1) is 12.8 Å². The molecule has 0 aliphatic heterocycles. The summed E-state index contributed by atoms with van der Waals surface area (Å²) < 4.78 is 10.5. The molecule has 1 aromatic carbocycles. The SMILES string of the molecule is COc1ccc(N)cc1NC(=O)COCCCC(C)C. The van der Waals surface area contributed by atoms with Gasteiger partial charge in [-0.2, -0.15) is 0 Å². The molecule has 5 heteroatoms. The third-order valence-corrected chi connectivity index (χ3v) is 2.80. The zero-order chi connectivity index (χ0) is 15.0.